The molecule has 0 saturated carbocycles. The zero-order valence-electron chi connectivity index (χ0n) is 9.77. The molecule has 0 amide bonds. The Morgan fingerprint density at radius 2 is 2.27 bits per heavy atom. The van der Waals surface area contributed by atoms with Crippen LogP contribution in [0.1, 0.15) is 26.0 Å². The van der Waals surface area contributed by atoms with Gasteiger partial charge in [0.2, 0.25) is 0 Å². The molecule has 0 aliphatic heterocycles. The molecule has 0 bridgehead atoms. The van der Waals surface area contributed by atoms with Gasteiger partial charge < -0.3 is 10.4 Å². The topological polar surface area (TPSA) is 50.1 Å². The highest BCUT2D eigenvalue weighted by molar-refractivity contribution is 4.98. The SMILES string of the molecule is CC(C)C(O)CCNCc1ccnn1C. The molecule has 0 aromatic carbocycles. The van der Waals surface area contributed by atoms with E-state index in [0.717, 1.165) is 25.2 Å². The zero-order chi connectivity index (χ0) is 11.3. The molecule has 4 nitrogen and oxygen atoms in total. The Balaban J connectivity index is 2.15. The van der Waals surface area contributed by atoms with Gasteiger partial charge in [0, 0.05) is 19.8 Å². The Kier molecular flexibility index (Phi) is 4.78. The fraction of sp³-hybridized carbons (Fsp3) is 0.727. The van der Waals surface area contributed by atoms with Gasteiger partial charge in [-0.3, -0.25) is 4.68 Å². The summed E-state index contributed by atoms with van der Waals surface area (Å²) < 4.78 is 1.85. The Labute approximate surface area is 91.3 Å². The third-order valence-electron chi connectivity index (χ3n) is 2.61. The molecular weight excluding hydrogens is 190 g/mol. The van der Waals surface area contributed by atoms with Crippen LogP contribution in [0.2, 0.25) is 0 Å². The summed E-state index contributed by atoms with van der Waals surface area (Å²) in [5.41, 5.74) is 1.16. The number of aliphatic hydroxyl groups excluding tert-OH is 1. The number of nitrogens with zero attached hydrogens (tertiary/aromatic N) is 2. The summed E-state index contributed by atoms with van der Waals surface area (Å²) >= 11 is 0. The maximum Gasteiger partial charge on any atom is 0.0575 e. The van der Waals surface area contributed by atoms with Crippen molar-refractivity contribution in [1.82, 2.24) is 15.1 Å². The van der Waals surface area contributed by atoms with Crippen molar-refractivity contribution in [3.63, 3.8) is 0 Å². The molecule has 1 rings (SSSR count). The number of aromatic nitrogens is 2. The molecule has 0 fully saturated rings. The molecule has 0 spiro atoms. The van der Waals surface area contributed by atoms with E-state index in [1.807, 2.05) is 31.6 Å². The molecule has 0 radical (unpaired) electrons. The number of hydrogen-bond donors (Lipinski definition) is 2. The summed E-state index contributed by atoms with van der Waals surface area (Å²) in [4.78, 5) is 0. The van der Waals surface area contributed by atoms with E-state index in [2.05, 4.69) is 10.4 Å². The van der Waals surface area contributed by atoms with E-state index in [-0.39, 0.29) is 6.10 Å². The third kappa shape index (κ3) is 4.01. The molecule has 1 unspecified atom stereocenters. The lowest BCUT2D eigenvalue weighted by Crippen LogP contribution is -2.24. The molecule has 86 valence electrons. The van der Waals surface area contributed by atoms with Crippen LogP contribution in [-0.2, 0) is 13.6 Å². The smallest absolute Gasteiger partial charge is 0.0575 e. The lowest BCUT2D eigenvalue weighted by atomic mass is 10.0. The number of aryl methyl sites for hydroxylation is 1. The lowest BCUT2D eigenvalue weighted by Gasteiger charge is -2.14. The molecular formula is C11H21N3O. The summed E-state index contributed by atoms with van der Waals surface area (Å²) in [6.45, 7) is 5.71. The van der Waals surface area contributed by atoms with Gasteiger partial charge in [0.1, 0.15) is 0 Å². The molecule has 4 heteroatoms. The molecule has 1 atom stereocenters. The first-order valence-electron chi connectivity index (χ1n) is 5.47. The van der Waals surface area contributed by atoms with Crippen LogP contribution in [0.15, 0.2) is 12.3 Å². The second-order valence-corrected chi connectivity index (χ2v) is 4.22. The summed E-state index contributed by atoms with van der Waals surface area (Å²) in [6, 6.07) is 1.99. The van der Waals surface area contributed by atoms with Crippen LogP contribution in [0.25, 0.3) is 0 Å². The number of aliphatic hydroxyl groups is 1. The quantitative estimate of drug-likeness (QED) is 0.688. The fourth-order valence-corrected chi connectivity index (χ4v) is 1.37. The van der Waals surface area contributed by atoms with Crippen LogP contribution in [0.5, 0.6) is 0 Å². The second-order valence-electron chi connectivity index (χ2n) is 4.22. The van der Waals surface area contributed by atoms with Crippen molar-refractivity contribution in [3.8, 4) is 0 Å². The van der Waals surface area contributed by atoms with E-state index >= 15 is 0 Å². The predicted octanol–water partition coefficient (Wildman–Crippen LogP) is 0.917. The molecule has 0 aliphatic carbocycles. The van der Waals surface area contributed by atoms with E-state index in [0.29, 0.717) is 5.92 Å². The van der Waals surface area contributed by atoms with Gasteiger partial charge in [0.15, 0.2) is 0 Å². The zero-order valence-corrected chi connectivity index (χ0v) is 9.77. The highest BCUT2D eigenvalue weighted by atomic mass is 16.3. The summed E-state index contributed by atoms with van der Waals surface area (Å²) in [6.07, 6.45) is 2.39. The molecule has 0 aliphatic rings. The van der Waals surface area contributed by atoms with E-state index in [4.69, 9.17) is 0 Å². The lowest BCUT2D eigenvalue weighted by molar-refractivity contribution is 0.116. The van der Waals surface area contributed by atoms with E-state index in [1.165, 1.54) is 0 Å². The Morgan fingerprint density at radius 3 is 2.80 bits per heavy atom. The fourth-order valence-electron chi connectivity index (χ4n) is 1.37. The van der Waals surface area contributed by atoms with Crippen LogP contribution in [-0.4, -0.2) is 27.5 Å². The minimum Gasteiger partial charge on any atom is -0.393 e. The Morgan fingerprint density at radius 1 is 1.53 bits per heavy atom. The molecule has 0 saturated heterocycles. The molecule has 15 heavy (non-hydrogen) atoms. The van der Waals surface area contributed by atoms with Crippen molar-refractivity contribution in [2.75, 3.05) is 6.54 Å². The van der Waals surface area contributed by atoms with Gasteiger partial charge in [-0.05, 0) is 24.9 Å². The average molecular weight is 211 g/mol. The van der Waals surface area contributed by atoms with Gasteiger partial charge in [-0.2, -0.15) is 5.10 Å². The highest BCUT2D eigenvalue weighted by Gasteiger charge is 2.07. The monoisotopic (exact) mass is 211 g/mol. The predicted molar refractivity (Wildman–Crippen MR) is 60.4 cm³/mol. The summed E-state index contributed by atoms with van der Waals surface area (Å²) in [5, 5.41) is 17.0. The minimum atomic E-state index is -0.205. The van der Waals surface area contributed by atoms with Gasteiger partial charge >= 0.3 is 0 Å². The van der Waals surface area contributed by atoms with Gasteiger partial charge in [0.05, 0.1) is 11.8 Å². The maximum atomic E-state index is 9.58. The van der Waals surface area contributed by atoms with Gasteiger partial charge in [-0.25, -0.2) is 0 Å². The Bertz CT molecular complexity index is 283. The van der Waals surface area contributed by atoms with Crippen LogP contribution < -0.4 is 5.32 Å². The molecule has 2 N–H and O–H groups in total. The van der Waals surface area contributed by atoms with Crippen molar-refractivity contribution in [3.05, 3.63) is 18.0 Å². The maximum absolute atomic E-state index is 9.58. The molecule has 1 aromatic heterocycles. The van der Waals surface area contributed by atoms with Crippen LogP contribution in [0.3, 0.4) is 0 Å². The van der Waals surface area contributed by atoms with E-state index < -0.39 is 0 Å². The van der Waals surface area contributed by atoms with E-state index in [9.17, 15) is 5.11 Å². The standard InChI is InChI=1S/C11H21N3O/c1-9(2)11(15)5-6-12-8-10-4-7-13-14(10)3/h4,7,9,11-12,15H,5-6,8H2,1-3H3. The normalized spacial score (nSPS) is 13.4. The van der Waals surface area contributed by atoms with Crippen molar-refractivity contribution in [2.24, 2.45) is 13.0 Å². The van der Waals surface area contributed by atoms with Crippen LogP contribution >= 0.6 is 0 Å². The first-order chi connectivity index (χ1) is 7.11. The van der Waals surface area contributed by atoms with Crippen LogP contribution in [0, 0.1) is 5.92 Å². The molecule has 1 heterocycles. The first-order valence-corrected chi connectivity index (χ1v) is 5.47. The van der Waals surface area contributed by atoms with Gasteiger partial charge in [-0.1, -0.05) is 13.8 Å². The Hall–Kier alpha value is -0.870. The van der Waals surface area contributed by atoms with E-state index in [1.54, 1.807) is 6.20 Å². The molecule has 1 aromatic rings. The van der Waals surface area contributed by atoms with Crippen molar-refractivity contribution in [1.29, 1.82) is 0 Å². The number of nitrogens with one attached hydrogen (secondary N) is 1. The third-order valence-corrected chi connectivity index (χ3v) is 2.61. The largest absolute Gasteiger partial charge is 0.393 e. The highest BCUT2D eigenvalue weighted by Crippen LogP contribution is 2.04. The van der Waals surface area contributed by atoms with Gasteiger partial charge in [-0.15, -0.1) is 0 Å². The summed E-state index contributed by atoms with van der Waals surface area (Å²) in [5.74, 6) is 0.337. The minimum absolute atomic E-state index is 0.205. The van der Waals surface area contributed by atoms with Crippen molar-refractivity contribution >= 4 is 0 Å². The number of rotatable bonds is 6. The van der Waals surface area contributed by atoms with Crippen molar-refractivity contribution < 1.29 is 5.11 Å². The average Bonchev–Trinajstić information content (AvgIpc) is 2.58. The number of hydrogen-bond acceptors (Lipinski definition) is 3. The summed E-state index contributed by atoms with van der Waals surface area (Å²) in [7, 11) is 1.93. The van der Waals surface area contributed by atoms with Crippen LogP contribution in [0.4, 0.5) is 0 Å². The second kappa shape index (κ2) is 5.88. The van der Waals surface area contributed by atoms with Gasteiger partial charge in [0.25, 0.3) is 0 Å². The first kappa shape index (κ1) is 12.2. The van der Waals surface area contributed by atoms with Crippen molar-refractivity contribution in [2.45, 2.75) is 32.9 Å².